The summed E-state index contributed by atoms with van der Waals surface area (Å²) in [4.78, 5) is 9.87. The van der Waals surface area contributed by atoms with Crippen molar-refractivity contribution in [3.8, 4) is 17.3 Å². The molecule has 0 amide bonds. The maximum absolute atomic E-state index is 6.57. The van der Waals surface area contributed by atoms with Gasteiger partial charge in [0, 0.05) is 34.2 Å². The molecule has 1 fully saturated rings. The Hall–Kier alpha value is -3.43. The fourth-order valence-corrected chi connectivity index (χ4v) is 7.43. The average molecular weight is 749 g/mol. The molecule has 0 saturated heterocycles. The van der Waals surface area contributed by atoms with Crippen LogP contribution >= 0.6 is 0 Å². The first-order valence-corrected chi connectivity index (χ1v) is 15.2. The normalized spacial score (nSPS) is 18.8. The molecular weight excluding hydrogens is 714 g/mol. The molecule has 6 heteroatoms. The number of nitrogens with zero attached hydrogens (tertiary/aromatic N) is 3. The number of pyridine rings is 1. The molecule has 0 bridgehead atoms. The predicted molar refractivity (Wildman–Crippen MR) is 167 cm³/mol. The summed E-state index contributed by atoms with van der Waals surface area (Å²) in [5.74, 6) is 3.62. The number of fused-ring (bicyclic) bond motifs is 5. The zero-order valence-electron chi connectivity index (χ0n) is 25.3. The van der Waals surface area contributed by atoms with Gasteiger partial charge in [-0.15, -0.1) is 28.6 Å². The Morgan fingerprint density at radius 1 is 0.953 bits per heavy atom. The van der Waals surface area contributed by atoms with Crippen LogP contribution in [0.1, 0.15) is 72.9 Å². The Balaban J connectivity index is 0.00000300. The molecule has 1 aliphatic carbocycles. The van der Waals surface area contributed by atoms with Gasteiger partial charge < -0.3 is 14.0 Å². The Morgan fingerprint density at radius 3 is 2.56 bits per heavy atom. The zero-order valence-corrected chi connectivity index (χ0v) is 27.6. The van der Waals surface area contributed by atoms with Crippen molar-refractivity contribution in [2.75, 3.05) is 6.61 Å². The van der Waals surface area contributed by atoms with E-state index in [4.69, 9.17) is 19.5 Å². The number of ether oxygens (including phenoxy) is 2. The Bertz CT molecular complexity index is 1950. The van der Waals surface area contributed by atoms with Gasteiger partial charge in [0.05, 0.1) is 12.6 Å². The molecule has 0 spiro atoms. The molecule has 4 heterocycles. The first-order valence-electron chi connectivity index (χ1n) is 15.2. The van der Waals surface area contributed by atoms with Crippen molar-refractivity contribution in [2.24, 2.45) is 10.9 Å². The molecule has 3 aromatic carbocycles. The SMILES string of the molecule is Cc1cc(Oc2[c-]c3c(cc2C)c2cc(C)cc4c2n3-c2ncccc2C4(C)C)[c-]c(C2=N[C@H](C3CCCC3)CO2)c1.[Pt+2]. The second-order valence-corrected chi connectivity index (χ2v) is 13.0. The van der Waals surface area contributed by atoms with Gasteiger partial charge in [0.1, 0.15) is 11.7 Å². The minimum absolute atomic E-state index is 0. The third-order valence-corrected chi connectivity index (χ3v) is 9.59. The first kappa shape index (κ1) is 28.3. The van der Waals surface area contributed by atoms with Crippen LogP contribution in [0.15, 0.2) is 53.7 Å². The van der Waals surface area contributed by atoms with Crippen LogP contribution in [0.3, 0.4) is 0 Å². The van der Waals surface area contributed by atoms with Crippen molar-refractivity contribution in [1.29, 1.82) is 0 Å². The van der Waals surface area contributed by atoms with E-state index in [1.54, 1.807) is 0 Å². The number of hydrogen-bond acceptors (Lipinski definition) is 4. The fourth-order valence-electron chi connectivity index (χ4n) is 7.43. The second-order valence-electron chi connectivity index (χ2n) is 13.0. The molecule has 43 heavy (non-hydrogen) atoms. The Morgan fingerprint density at radius 2 is 1.74 bits per heavy atom. The molecule has 1 saturated carbocycles. The van der Waals surface area contributed by atoms with E-state index in [-0.39, 0.29) is 32.5 Å². The zero-order chi connectivity index (χ0) is 28.7. The summed E-state index contributed by atoms with van der Waals surface area (Å²) in [6.07, 6.45) is 7.00. The van der Waals surface area contributed by atoms with Crippen molar-refractivity contribution < 1.29 is 30.5 Å². The van der Waals surface area contributed by atoms with Gasteiger partial charge in [-0.05, 0) is 42.7 Å². The molecule has 5 nitrogen and oxygen atoms in total. The van der Waals surface area contributed by atoms with E-state index in [1.807, 2.05) is 18.3 Å². The Labute approximate surface area is 267 Å². The molecule has 8 rings (SSSR count). The second kappa shape index (κ2) is 10.3. The van der Waals surface area contributed by atoms with E-state index >= 15 is 0 Å². The van der Waals surface area contributed by atoms with Crippen LogP contribution in [0, 0.1) is 38.8 Å². The molecule has 2 aliphatic heterocycles. The number of aliphatic imine (C=N–C) groups is 1. The van der Waals surface area contributed by atoms with Gasteiger partial charge in [-0.1, -0.05) is 87.5 Å². The van der Waals surface area contributed by atoms with Crippen LogP contribution in [0.2, 0.25) is 0 Å². The van der Waals surface area contributed by atoms with Crippen molar-refractivity contribution >= 4 is 27.7 Å². The van der Waals surface area contributed by atoms with Gasteiger partial charge in [-0.2, -0.15) is 6.07 Å². The van der Waals surface area contributed by atoms with Crippen LogP contribution < -0.4 is 4.74 Å². The monoisotopic (exact) mass is 748 g/mol. The van der Waals surface area contributed by atoms with E-state index in [1.165, 1.54) is 53.3 Å². The molecule has 0 radical (unpaired) electrons. The molecule has 0 N–H and O–H groups in total. The number of hydrogen-bond donors (Lipinski definition) is 0. The summed E-state index contributed by atoms with van der Waals surface area (Å²) in [6, 6.07) is 22.6. The quantitative estimate of drug-likeness (QED) is 0.174. The van der Waals surface area contributed by atoms with Crippen molar-refractivity contribution in [3.05, 3.63) is 94.2 Å². The molecule has 1 atom stereocenters. The van der Waals surface area contributed by atoms with E-state index < -0.39 is 0 Å². The van der Waals surface area contributed by atoms with E-state index in [0.717, 1.165) is 33.4 Å². The number of aromatic nitrogens is 2. The van der Waals surface area contributed by atoms with E-state index in [9.17, 15) is 0 Å². The third-order valence-electron chi connectivity index (χ3n) is 9.59. The summed E-state index contributed by atoms with van der Waals surface area (Å²) in [5, 5.41) is 2.39. The summed E-state index contributed by atoms with van der Waals surface area (Å²) in [6.45, 7) is 11.6. The third kappa shape index (κ3) is 4.46. The van der Waals surface area contributed by atoms with Crippen LogP contribution in [-0.2, 0) is 31.2 Å². The summed E-state index contributed by atoms with van der Waals surface area (Å²) < 4.78 is 14.9. The minimum atomic E-state index is -0.165. The van der Waals surface area contributed by atoms with Gasteiger partial charge in [0.25, 0.3) is 0 Å². The van der Waals surface area contributed by atoms with E-state index in [0.29, 0.717) is 29.9 Å². The minimum Gasteiger partial charge on any atom is -0.518 e. The Kier molecular flexibility index (Phi) is 6.81. The largest absolute Gasteiger partial charge is 2.00 e. The maximum Gasteiger partial charge on any atom is 2.00 e. The van der Waals surface area contributed by atoms with Gasteiger partial charge in [-0.25, -0.2) is 4.98 Å². The molecule has 5 aromatic rings. The van der Waals surface area contributed by atoms with E-state index in [2.05, 4.69) is 81.7 Å². The molecule has 3 aliphatic rings. The van der Waals surface area contributed by atoms with Crippen molar-refractivity contribution in [2.45, 2.75) is 71.8 Å². The van der Waals surface area contributed by atoms with Crippen LogP contribution in [0.4, 0.5) is 0 Å². The van der Waals surface area contributed by atoms with Gasteiger partial charge in [0.15, 0.2) is 0 Å². The summed E-state index contributed by atoms with van der Waals surface area (Å²) in [5.41, 5.74) is 8.75. The smallest absolute Gasteiger partial charge is 0.518 e. The molecule has 220 valence electrons. The van der Waals surface area contributed by atoms with Crippen molar-refractivity contribution in [3.63, 3.8) is 0 Å². The maximum atomic E-state index is 6.57. The van der Waals surface area contributed by atoms with Crippen LogP contribution in [-0.4, -0.2) is 28.1 Å². The molecular formula is C37H35N3O2Pt. The van der Waals surface area contributed by atoms with Gasteiger partial charge in [-0.3, -0.25) is 4.99 Å². The number of rotatable bonds is 4. The molecule has 2 aromatic heterocycles. The van der Waals surface area contributed by atoms with Crippen molar-refractivity contribution in [1.82, 2.24) is 9.55 Å². The summed E-state index contributed by atoms with van der Waals surface area (Å²) >= 11 is 0. The van der Waals surface area contributed by atoms with Crippen LogP contribution in [0.25, 0.3) is 27.6 Å². The average Bonchev–Trinajstić information content (AvgIpc) is 3.72. The number of benzene rings is 3. The van der Waals surface area contributed by atoms with Gasteiger partial charge in [0.2, 0.25) is 0 Å². The number of aryl methyl sites for hydroxylation is 3. The predicted octanol–water partition coefficient (Wildman–Crippen LogP) is 8.47. The van der Waals surface area contributed by atoms with Crippen LogP contribution in [0.5, 0.6) is 11.5 Å². The summed E-state index contributed by atoms with van der Waals surface area (Å²) in [7, 11) is 0. The first-order chi connectivity index (χ1) is 20.3. The standard InChI is InChI=1S/C37H35N3O2.Pt/c1-21-13-25(36-39-31(20-41-36)24-9-6-7-10-24)18-26(14-21)42-33-19-32-27(17-23(33)3)28-15-22(2)16-30-34(28)40(32)35-29(37(30,4)5)11-8-12-38-35;/h8,11-17,24,31H,6-7,9-10,20H2,1-5H3;/q-2;+2/t31-;/m0./s1. The fraction of sp³-hybridized carbons (Fsp3) is 0.351. The topological polar surface area (TPSA) is 48.6 Å². The molecule has 0 unspecified atom stereocenters. The van der Waals surface area contributed by atoms with Gasteiger partial charge >= 0.3 is 21.1 Å².